The lowest BCUT2D eigenvalue weighted by molar-refractivity contribution is -0.116. The largest absolute Gasteiger partial charge is 0.506 e. The number of hydrogen-bond acceptors (Lipinski definition) is 5. The number of carbonyl (C=O) groups excluding carboxylic acids is 1. The first-order valence-corrected chi connectivity index (χ1v) is 8.18. The molecule has 0 saturated carbocycles. The molecular formula is C19H19ClN2O4. The van der Waals surface area contributed by atoms with Gasteiger partial charge in [-0.2, -0.15) is 0 Å². The van der Waals surface area contributed by atoms with Crippen LogP contribution in [0.5, 0.6) is 11.5 Å². The molecule has 0 aliphatic rings. The topological polar surface area (TPSA) is 103 Å². The van der Waals surface area contributed by atoms with Gasteiger partial charge in [0.1, 0.15) is 5.76 Å². The Balaban J connectivity index is 2.07. The van der Waals surface area contributed by atoms with Crippen molar-refractivity contribution in [3.05, 3.63) is 64.2 Å². The first-order chi connectivity index (χ1) is 12.5. The van der Waals surface area contributed by atoms with Crippen LogP contribution >= 0.6 is 11.6 Å². The summed E-state index contributed by atoms with van der Waals surface area (Å²) in [6, 6.07) is 11.4. The molecule has 2 aromatic carbocycles. The Kier molecular flexibility index (Phi) is 6.63. The molecule has 6 nitrogen and oxygen atoms in total. The number of phenols is 1. The third-order valence-corrected chi connectivity index (χ3v) is 4.05. The van der Waals surface area contributed by atoms with Crippen LogP contribution in [0, 0.1) is 5.41 Å². The summed E-state index contributed by atoms with van der Waals surface area (Å²) >= 11 is 6.02. The van der Waals surface area contributed by atoms with E-state index >= 15 is 0 Å². The molecule has 7 heteroatoms. The van der Waals surface area contributed by atoms with Crippen LogP contribution < -0.4 is 10.1 Å². The second-order valence-corrected chi connectivity index (χ2v) is 5.81. The molecular weight excluding hydrogens is 356 g/mol. The van der Waals surface area contributed by atoms with Gasteiger partial charge in [0.05, 0.1) is 17.7 Å². The van der Waals surface area contributed by atoms with Crippen molar-refractivity contribution in [2.75, 3.05) is 13.7 Å². The maximum Gasteiger partial charge on any atom is 0.256 e. The number of phenolic OH excluding ortho intramolecular Hbond substituents is 1. The maximum absolute atomic E-state index is 12.3. The van der Waals surface area contributed by atoms with Gasteiger partial charge in [-0.3, -0.25) is 4.79 Å². The number of aliphatic hydroxyl groups is 1. The summed E-state index contributed by atoms with van der Waals surface area (Å²) < 4.78 is 5.04. The van der Waals surface area contributed by atoms with E-state index in [9.17, 15) is 15.0 Å². The molecule has 0 unspecified atom stereocenters. The highest BCUT2D eigenvalue weighted by atomic mass is 35.5. The van der Waals surface area contributed by atoms with Gasteiger partial charge in [-0.05, 0) is 36.2 Å². The Morgan fingerprint density at radius 1 is 1.31 bits per heavy atom. The third-order valence-electron chi connectivity index (χ3n) is 3.72. The van der Waals surface area contributed by atoms with Crippen LogP contribution in [0.2, 0.25) is 5.02 Å². The zero-order chi connectivity index (χ0) is 19.1. The van der Waals surface area contributed by atoms with Crippen molar-refractivity contribution in [3.63, 3.8) is 0 Å². The molecule has 0 bridgehead atoms. The molecule has 0 saturated heterocycles. The van der Waals surface area contributed by atoms with Crippen molar-refractivity contribution in [1.29, 1.82) is 5.41 Å². The smallest absolute Gasteiger partial charge is 0.256 e. The van der Waals surface area contributed by atoms with E-state index in [1.807, 2.05) is 0 Å². The summed E-state index contributed by atoms with van der Waals surface area (Å²) in [5, 5.41) is 30.2. The predicted molar refractivity (Wildman–Crippen MR) is 101 cm³/mol. The zero-order valence-electron chi connectivity index (χ0n) is 14.1. The molecule has 0 aliphatic heterocycles. The van der Waals surface area contributed by atoms with E-state index in [-0.39, 0.29) is 34.2 Å². The van der Waals surface area contributed by atoms with Crippen LogP contribution in [0.25, 0.3) is 5.76 Å². The van der Waals surface area contributed by atoms with Crippen molar-refractivity contribution in [3.8, 4) is 11.5 Å². The molecule has 0 spiro atoms. The second-order valence-electron chi connectivity index (χ2n) is 5.40. The van der Waals surface area contributed by atoms with E-state index < -0.39 is 5.91 Å². The molecule has 0 aromatic heterocycles. The van der Waals surface area contributed by atoms with E-state index in [2.05, 4.69) is 5.32 Å². The van der Waals surface area contributed by atoms with Crippen LogP contribution in [-0.2, 0) is 11.2 Å². The quantitative estimate of drug-likeness (QED) is 0.339. The fraction of sp³-hybridized carbons (Fsp3) is 0.158. The minimum atomic E-state index is -0.580. The minimum Gasteiger partial charge on any atom is -0.506 e. The van der Waals surface area contributed by atoms with E-state index in [1.54, 1.807) is 36.4 Å². The molecule has 0 radical (unpaired) electrons. The molecule has 26 heavy (non-hydrogen) atoms. The number of hydrogen-bond donors (Lipinski definition) is 4. The molecule has 2 aromatic rings. The summed E-state index contributed by atoms with van der Waals surface area (Å²) in [5.74, 6) is -0.540. The molecule has 2 rings (SSSR count). The van der Waals surface area contributed by atoms with Crippen molar-refractivity contribution < 1.29 is 19.7 Å². The van der Waals surface area contributed by atoms with Crippen molar-refractivity contribution in [2.45, 2.75) is 6.42 Å². The SMILES string of the molecule is COc1cc(CCNC(=O)/C(C=N)=C(/O)c2ccccc2Cl)ccc1O. The number of methoxy groups -OCH3 is 1. The highest BCUT2D eigenvalue weighted by Gasteiger charge is 2.16. The summed E-state index contributed by atoms with van der Waals surface area (Å²) in [6.45, 7) is 0.278. The van der Waals surface area contributed by atoms with Crippen LogP contribution in [-0.4, -0.2) is 36.0 Å². The number of rotatable bonds is 7. The minimum absolute atomic E-state index is 0.0407. The van der Waals surface area contributed by atoms with E-state index in [1.165, 1.54) is 13.2 Å². The number of aromatic hydroxyl groups is 1. The standard InChI is InChI=1S/C19H19ClN2O4/c1-26-17-10-12(6-7-16(17)23)8-9-22-19(25)14(11-21)18(24)13-4-2-3-5-15(13)20/h2-7,10-11,21,23-24H,8-9H2,1H3,(H,22,25)/b18-14+,21-11?. The predicted octanol–water partition coefficient (Wildman–Crippen LogP) is 3.33. The van der Waals surface area contributed by atoms with Crippen molar-refractivity contribution in [2.24, 2.45) is 0 Å². The van der Waals surface area contributed by atoms with Gasteiger partial charge >= 0.3 is 0 Å². The molecule has 0 atom stereocenters. The molecule has 4 N–H and O–H groups in total. The lowest BCUT2D eigenvalue weighted by Crippen LogP contribution is -2.28. The molecule has 1 amide bonds. The van der Waals surface area contributed by atoms with Gasteiger partial charge < -0.3 is 25.7 Å². The number of nitrogens with one attached hydrogen (secondary N) is 2. The van der Waals surface area contributed by atoms with Gasteiger partial charge in [-0.15, -0.1) is 0 Å². The average Bonchev–Trinajstić information content (AvgIpc) is 2.64. The maximum atomic E-state index is 12.3. The van der Waals surface area contributed by atoms with E-state index in [0.717, 1.165) is 11.8 Å². The monoisotopic (exact) mass is 374 g/mol. The summed E-state index contributed by atoms with van der Waals surface area (Å²) in [5.41, 5.74) is 0.961. The van der Waals surface area contributed by atoms with Gasteiger partial charge in [-0.25, -0.2) is 0 Å². The van der Waals surface area contributed by atoms with Crippen LogP contribution in [0.3, 0.4) is 0 Å². The third kappa shape index (κ3) is 4.55. The molecule has 136 valence electrons. The van der Waals surface area contributed by atoms with Crippen LogP contribution in [0.4, 0.5) is 0 Å². The molecule has 0 heterocycles. The Hall–Kier alpha value is -2.99. The average molecular weight is 375 g/mol. The lowest BCUT2D eigenvalue weighted by Gasteiger charge is -2.10. The normalized spacial score (nSPS) is 11.5. The van der Waals surface area contributed by atoms with Gasteiger partial charge in [-0.1, -0.05) is 29.8 Å². The number of halogens is 1. The number of benzene rings is 2. The first kappa shape index (κ1) is 19.3. The highest BCUT2D eigenvalue weighted by molar-refractivity contribution is 6.32. The number of carbonyl (C=O) groups is 1. The first-order valence-electron chi connectivity index (χ1n) is 7.80. The number of aliphatic hydroxyl groups excluding tert-OH is 1. The fourth-order valence-electron chi connectivity index (χ4n) is 2.33. The Bertz CT molecular complexity index is 849. The van der Waals surface area contributed by atoms with E-state index in [0.29, 0.717) is 12.2 Å². The fourth-order valence-corrected chi connectivity index (χ4v) is 2.56. The molecule has 0 aliphatic carbocycles. The lowest BCUT2D eigenvalue weighted by atomic mass is 10.1. The van der Waals surface area contributed by atoms with Crippen molar-refractivity contribution >= 4 is 29.5 Å². The Labute approximate surface area is 156 Å². The van der Waals surface area contributed by atoms with Gasteiger partial charge in [0, 0.05) is 18.3 Å². The Morgan fingerprint density at radius 2 is 2.04 bits per heavy atom. The van der Waals surface area contributed by atoms with Gasteiger partial charge in [0.25, 0.3) is 5.91 Å². The summed E-state index contributed by atoms with van der Waals surface area (Å²) in [6.07, 6.45) is 1.28. The van der Waals surface area contributed by atoms with Gasteiger partial charge in [0.15, 0.2) is 11.5 Å². The molecule has 0 fully saturated rings. The van der Waals surface area contributed by atoms with Crippen LogP contribution in [0.1, 0.15) is 11.1 Å². The van der Waals surface area contributed by atoms with E-state index in [4.69, 9.17) is 21.7 Å². The number of amides is 1. The van der Waals surface area contributed by atoms with Gasteiger partial charge in [0.2, 0.25) is 0 Å². The summed E-state index contributed by atoms with van der Waals surface area (Å²) in [4.78, 5) is 12.3. The number of ether oxygens (including phenoxy) is 1. The summed E-state index contributed by atoms with van der Waals surface area (Å²) in [7, 11) is 1.46. The Morgan fingerprint density at radius 3 is 2.69 bits per heavy atom. The van der Waals surface area contributed by atoms with Crippen molar-refractivity contribution in [1.82, 2.24) is 5.32 Å². The zero-order valence-corrected chi connectivity index (χ0v) is 14.9. The highest BCUT2D eigenvalue weighted by Crippen LogP contribution is 2.26. The second kappa shape index (κ2) is 8.92. The van der Waals surface area contributed by atoms with Crippen LogP contribution in [0.15, 0.2) is 48.0 Å².